The van der Waals surface area contributed by atoms with Crippen molar-refractivity contribution in [3.05, 3.63) is 64.1 Å². The van der Waals surface area contributed by atoms with Gasteiger partial charge in [0.05, 0.1) is 17.0 Å². The van der Waals surface area contributed by atoms with Crippen molar-refractivity contribution in [3.63, 3.8) is 0 Å². The van der Waals surface area contributed by atoms with E-state index in [9.17, 15) is 13.2 Å². The molecule has 1 aliphatic heterocycles. The molecule has 1 N–H and O–H groups in total. The largest absolute Gasteiger partial charge is 0.381 e. The van der Waals surface area contributed by atoms with E-state index in [1.165, 1.54) is 19.1 Å². The Bertz CT molecular complexity index is 1030. The predicted octanol–water partition coefficient (Wildman–Crippen LogP) is 4.01. The predicted molar refractivity (Wildman–Crippen MR) is 124 cm³/mol. The maximum atomic E-state index is 13.1. The molecule has 0 bridgehead atoms. The molecule has 0 radical (unpaired) electrons. The fraction of sp³-hybridized carbons (Fsp3) is 0.409. The van der Waals surface area contributed by atoms with Crippen molar-refractivity contribution in [1.29, 1.82) is 0 Å². The number of rotatable bonds is 7. The molecular formula is C22H26Cl2N2O4S. The molecule has 0 unspecified atom stereocenters. The van der Waals surface area contributed by atoms with Crippen LogP contribution in [0.1, 0.15) is 25.3 Å². The Morgan fingerprint density at radius 1 is 1.16 bits per heavy atom. The Morgan fingerprint density at radius 3 is 2.42 bits per heavy atom. The van der Waals surface area contributed by atoms with Gasteiger partial charge in [0.1, 0.15) is 6.04 Å². The van der Waals surface area contributed by atoms with Gasteiger partial charge < -0.3 is 10.1 Å². The number of ether oxygens (including phenoxy) is 1. The quantitative estimate of drug-likeness (QED) is 0.643. The summed E-state index contributed by atoms with van der Waals surface area (Å²) in [6, 6.07) is 13.5. The van der Waals surface area contributed by atoms with Crippen LogP contribution in [0.15, 0.2) is 48.5 Å². The smallest absolute Gasteiger partial charge is 0.243 e. The second-order valence-corrected chi connectivity index (χ2v) is 10.5. The van der Waals surface area contributed by atoms with E-state index in [0.29, 0.717) is 24.8 Å². The van der Waals surface area contributed by atoms with Crippen LogP contribution in [0.5, 0.6) is 0 Å². The maximum Gasteiger partial charge on any atom is 0.243 e. The molecule has 2 aromatic carbocycles. The van der Waals surface area contributed by atoms with Gasteiger partial charge in [-0.15, -0.1) is 0 Å². The fourth-order valence-corrected chi connectivity index (χ4v) is 5.56. The van der Waals surface area contributed by atoms with Crippen LogP contribution < -0.4 is 9.62 Å². The lowest BCUT2D eigenvalue weighted by Crippen LogP contribution is -2.52. The van der Waals surface area contributed by atoms with Crippen molar-refractivity contribution in [2.75, 3.05) is 30.3 Å². The zero-order chi connectivity index (χ0) is 22.6. The van der Waals surface area contributed by atoms with E-state index >= 15 is 0 Å². The highest BCUT2D eigenvalue weighted by Gasteiger charge is 2.36. The van der Waals surface area contributed by atoms with Crippen LogP contribution in [-0.4, -0.2) is 46.4 Å². The average Bonchev–Trinajstić information content (AvgIpc) is 2.75. The first-order chi connectivity index (χ1) is 14.6. The third-order valence-electron chi connectivity index (χ3n) is 5.67. The minimum absolute atomic E-state index is 0.170. The summed E-state index contributed by atoms with van der Waals surface area (Å²) >= 11 is 12.3. The molecule has 1 fully saturated rings. The first kappa shape index (κ1) is 23.9. The van der Waals surface area contributed by atoms with E-state index < -0.39 is 22.0 Å². The van der Waals surface area contributed by atoms with Crippen LogP contribution in [-0.2, 0) is 25.0 Å². The average molecular weight is 485 g/mol. The Kier molecular flexibility index (Phi) is 7.52. The van der Waals surface area contributed by atoms with Gasteiger partial charge in [-0.3, -0.25) is 9.10 Å². The molecule has 31 heavy (non-hydrogen) atoms. The molecule has 1 aliphatic rings. The Balaban J connectivity index is 1.84. The normalized spacial score (nSPS) is 17.0. The van der Waals surface area contributed by atoms with Crippen LogP contribution in [0, 0.1) is 0 Å². The van der Waals surface area contributed by atoms with Crippen molar-refractivity contribution in [1.82, 2.24) is 5.32 Å². The second kappa shape index (κ2) is 9.77. The van der Waals surface area contributed by atoms with Gasteiger partial charge in [0.2, 0.25) is 15.9 Å². The summed E-state index contributed by atoms with van der Waals surface area (Å²) in [5.41, 5.74) is 1.03. The summed E-state index contributed by atoms with van der Waals surface area (Å²) in [5.74, 6) is -0.414. The number of benzene rings is 2. The molecule has 1 heterocycles. The van der Waals surface area contributed by atoms with Crippen LogP contribution in [0.25, 0.3) is 0 Å². The highest BCUT2D eigenvalue weighted by molar-refractivity contribution is 7.92. The van der Waals surface area contributed by atoms with Gasteiger partial charge in [0, 0.05) is 30.2 Å². The molecule has 1 amide bonds. The molecule has 2 aromatic rings. The molecule has 1 atom stereocenters. The third-order valence-corrected chi connectivity index (χ3v) is 7.45. The van der Waals surface area contributed by atoms with E-state index in [-0.39, 0.29) is 16.1 Å². The van der Waals surface area contributed by atoms with Crippen LogP contribution in [0.3, 0.4) is 0 Å². The molecule has 0 aromatic heterocycles. The van der Waals surface area contributed by atoms with Crippen LogP contribution in [0.4, 0.5) is 5.69 Å². The van der Waals surface area contributed by atoms with Crippen molar-refractivity contribution < 1.29 is 17.9 Å². The molecule has 3 rings (SSSR count). The molecule has 1 saturated heterocycles. The van der Waals surface area contributed by atoms with Crippen LogP contribution >= 0.6 is 23.2 Å². The number of anilines is 1. The second-order valence-electron chi connectivity index (χ2n) is 7.81. The lowest BCUT2D eigenvalue weighted by Gasteiger charge is -2.38. The highest BCUT2D eigenvalue weighted by Crippen LogP contribution is 2.35. The molecule has 6 nitrogen and oxygen atoms in total. The topological polar surface area (TPSA) is 75.7 Å². The number of halogens is 2. The molecule has 168 valence electrons. The maximum absolute atomic E-state index is 13.1. The van der Waals surface area contributed by atoms with Crippen LogP contribution in [0.2, 0.25) is 10.0 Å². The summed E-state index contributed by atoms with van der Waals surface area (Å²) in [4.78, 5) is 13.1. The zero-order valence-electron chi connectivity index (χ0n) is 17.5. The number of sulfonamides is 1. The Morgan fingerprint density at radius 2 is 1.81 bits per heavy atom. The number of carbonyl (C=O) groups is 1. The zero-order valence-corrected chi connectivity index (χ0v) is 19.8. The number of nitrogens with zero attached hydrogens (tertiary/aromatic N) is 1. The first-order valence-electron chi connectivity index (χ1n) is 9.99. The summed E-state index contributed by atoms with van der Waals surface area (Å²) in [5, 5.41) is 3.49. The highest BCUT2D eigenvalue weighted by atomic mass is 35.5. The summed E-state index contributed by atoms with van der Waals surface area (Å²) < 4.78 is 31.7. The molecule has 0 aliphatic carbocycles. The third kappa shape index (κ3) is 5.52. The van der Waals surface area contributed by atoms with Crippen molar-refractivity contribution in [3.8, 4) is 0 Å². The van der Waals surface area contributed by atoms with Crippen molar-refractivity contribution in [2.24, 2.45) is 0 Å². The fourth-order valence-electron chi connectivity index (χ4n) is 3.96. The minimum Gasteiger partial charge on any atom is -0.381 e. The number of hydrogen-bond donors (Lipinski definition) is 1. The minimum atomic E-state index is -3.80. The monoisotopic (exact) mass is 484 g/mol. The first-order valence-corrected chi connectivity index (χ1v) is 12.6. The van der Waals surface area contributed by atoms with Gasteiger partial charge in [-0.05, 0) is 43.5 Å². The van der Waals surface area contributed by atoms with Crippen molar-refractivity contribution in [2.45, 2.75) is 31.2 Å². The van der Waals surface area contributed by atoms with Gasteiger partial charge >= 0.3 is 0 Å². The standard InChI is InChI=1S/C22H26Cl2N2O4S/c1-16(26(31(2,28)29)20-14-18(23)8-9-19(20)24)21(27)25-15-22(10-12-30-13-11-22)17-6-4-3-5-7-17/h3-9,14,16H,10-13,15H2,1-2H3,(H,25,27)/t16-/m0/s1. The molecule has 0 saturated carbocycles. The van der Waals surface area contributed by atoms with E-state index in [1.54, 1.807) is 6.07 Å². The summed E-state index contributed by atoms with van der Waals surface area (Å²) in [6.45, 7) is 3.12. The summed E-state index contributed by atoms with van der Waals surface area (Å²) in [7, 11) is -3.80. The Hall–Kier alpha value is -1.80. The van der Waals surface area contributed by atoms with Crippen molar-refractivity contribution >= 4 is 44.8 Å². The van der Waals surface area contributed by atoms with Gasteiger partial charge in [0.25, 0.3) is 0 Å². The van der Waals surface area contributed by atoms with E-state index in [2.05, 4.69) is 17.4 Å². The van der Waals surface area contributed by atoms with E-state index in [1.807, 2.05) is 18.2 Å². The number of nitrogens with one attached hydrogen (secondary N) is 1. The van der Waals surface area contributed by atoms with Gasteiger partial charge in [-0.2, -0.15) is 0 Å². The molecular weight excluding hydrogens is 459 g/mol. The lowest BCUT2D eigenvalue weighted by molar-refractivity contribution is -0.122. The van der Waals surface area contributed by atoms with E-state index in [4.69, 9.17) is 27.9 Å². The van der Waals surface area contributed by atoms with Gasteiger partial charge in [0.15, 0.2) is 0 Å². The molecule has 9 heteroatoms. The number of carbonyl (C=O) groups excluding carboxylic acids is 1. The SMILES string of the molecule is C[C@@H](C(=O)NCC1(c2ccccc2)CCOCC1)N(c1cc(Cl)ccc1Cl)S(C)(=O)=O. The number of amides is 1. The lowest BCUT2D eigenvalue weighted by atomic mass is 9.74. The van der Waals surface area contributed by atoms with E-state index in [0.717, 1.165) is 29.0 Å². The number of hydrogen-bond acceptors (Lipinski definition) is 4. The van der Waals surface area contributed by atoms with Gasteiger partial charge in [-0.25, -0.2) is 8.42 Å². The van der Waals surface area contributed by atoms with Gasteiger partial charge in [-0.1, -0.05) is 53.5 Å². The molecule has 0 spiro atoms. The Labute approximate surface area is 193 Å². The summed E-state index contributed by atoms with van der Waals surface area (Å²) in [6.07, 6.45) is 2.57.